The van der Waals surface area contributed by atoms with Gasteiger partial charge in [0, 0.05) is 50.3 Å². The predicted molar refractivity (Wildman–Crippen MR) is 98.5 cm³/mol. The Bertz CT molecular complexity index is 570. The minimum absolute atomic E-state index is 0.133. The van der Waals surface area contributed by atoms with E-state index in [1.54, 1.807) is 14.2 Å². The fraction of sp³-hybridized carbons (Fsp3) is 0.611. The van der Waals surface area contributed by atoms with Crippen LogP contribution in [0.1, 0.15) is 5.56 Å². The normalized spacial score (nSPS) is 21.8. The molecule has 0 N–H and O–H groups in total. The minimum atomic E-state index is -0.357. The number of rotatable bonds is 5. The second-order valence-electron chi connectivity index (χ2n) is 6.25. The average molecular weight is 366 g/mol. The maximum absolute atomic E-state index is 12.7. The summed E-state index contributed by atoms with van der Waals surface area (Å²) in [4.78, 5) is 16.9. The molecule has 7 heteroatoms. The lowest BCUT2D eigenvalue weighted by atomic mass is 10.1. The highest BCUT2D eigenvalue weighted by Gasteiger charge is 2.31. The van der Waals surface area contributed by atoms with E-state index in [1.807, 2.05) is 34.9 Å². The second-order valence-corrected chi connectivity index (χ2v) is 7.48. The summed E-state index contributed by atoms with van der Waals surface area (Å²) in [5.74, 6) is 3.73. The second kappa shape index (κ2) is 8.78. The summed E-state index contributed by atoms with van der Waals surface area (Å²) in [6.07, 6.45) is -0.357. The van der Waals surface area contributed by atoms with Gasteiger partial charge in [0.2, 0.25) is 0 Å². The molecule has 6 nitrogen and oxygen atoms in total. The van der Waals surface area contributed by atoms with Crippen LogP contribution < -0.4 is 9.47 Å². The molecule has 2 aliphatic heterocycles. The number of carbonyl (C=O) groups is 1. The summed E-state index contributed by atoms with van der Waals surface area (Å²) in [7, 11) is 3.30. The average Bonchev–Trinajstić information content (AvgIpc) is 2.68. The van der Waals surface area contributed by atoms with Gasteiger partial charge in [-0.15, -0.1) is 0 Å². The summed E-state index contributed by atoms with van der Waals surface area (Å²) in [5.41, 5.74) is 1.11. The van der Waals surface area contributed by atoms with Crippen LogP contribution in [0, 0.1) is 0 Å². The Morgan fingerprint density at radius 2 is 1.84 bits per heavy atom. The number of methoxy groups -OCH3 is 2. The van der Waals surface area contributed by atoms with Gasteiger partial charge in [0.1, 0.15) is 17.6 Å². The molecule has 0 spiro atoms. The molecule has 2 saturated heterocycles. The molecule has 2 aliphatic rings. The minimum Gasteiger partial charge on any atom is -0.497 e. The van der Waals surface area contributed by atoms with Gasteiger partial charge in [-0.3, -0.25) is 9.69 Å². The Morgan fingerprint density at radius 3 is 2.48 bits per heavy atom. The lowest BCUT2D eigenvalue weighted by Crippen LogP contribution is -2.52. The van der Waals surface area contributed by atoms with Crippen LogP contribution in [0.5, 0.6) is 11.5 Å². The standard InChI is InChI=1S/C18H26N2O4S/c1-22-15-9-14(10-16(11-15)23-2)12-19-3-6-24-17(13-19)18(21)20-4-7-25-8-5-20/h9-11,17H,3-8,12-13H2,1-2H3. The van der Waals surface area contributed by atoms with E-state index in [0.29, 0.717) is 13.2 Å². The van der Waals surface area contributed by atoms with Crippen LogP contribution >= 0.6 is 11.8 Å². The number of carbonyl (C=O) groups excluding carboxylic acids is 1. The lowest BCUT2D eigenvalue weighted by molar-refractivity contribution is -0.149. The molecule has 0 aromatic heterocycles. The number of nitrogens with zero attached hydrogens (tertiary/aromatic N) is 2. The van der Waals surface area contributed by atoms with Gasteiger partial charge in [-0.2, -0.15) is 11.8 Å². The molecule has 0 bridgehead atoms. The zero-order valence-corrected chi connectivity index (χ0v) is 15.7. The van der Waals surface area contributed by atoms with Crippen molar-refractivity contribution in [2.75, 3.05) is 58.5 Å². The molecule has 25 heavy (non-hydrogen) atoms. The first kappa shape index (κ1) is 18.4. The number of amides is 1. The molecule has 1 aromatic carbocycles. The van der Waals surface area contributed by atoms with Crippen LogP contribution in [0.2, 0.25) is 0 Å². The summed E-state index contributed by atoms with van der Waals surface area (Å²) in [6.45, 7) is 4.44. The van der Waals surface area contributed by atoms with Crippen molar-refractivity contribution in [2.45, 2.75) is 12.6 Å². The van der Waals surface area contributed by atoms with E-state index in [4.69, 9.17) is 14.2 Å². The predicted octanol–water partition coefficient (Wildman–Crippen LogP) is 1.48. The van der Waals surface area contributed by atoms with Crippen molar-refractivity contribution in [1.82, 2.24) is 9.80 Å². The van der Waals surface area contributed by atoms with Gasteiger partial charge in [0.15, 0.2) is 0 Å². The van der Waals surface area contributed by atoms with Crippen LogP contribution in [0.4, 0.5) is 0 Å². The maximum Gasteiger partial charge on any atom is 0.253 e. The smallest absolute Gasteiger partial charge is 0.253 e. The van der Waals surface area contributed by atoms with E-state index < -0.39 is 0 Å². The van der Waals surface area contributed by atoms with Crippen molar-refractivity contribution in [3.05, 3.63) is 23.8 Å². The quantitative estimate of drug-likeness (QED) is 0.787. The number of benzene rings is 1. The Morgan fingerprint density at radius 1 is 1.16 bits per heavy atom. The Labute approximate surface area is 153 Å². The summed E-state index contributed by atoms with van der Waals surface area (Å²) < 4.78 is 16.4. The van der Waals surface area contributed by atoms with E-state index in [1.165, 1.54) is 0 Å². The van der Waals surface area contributed by atoms with Crippen molar-refractivity contribution in [1.29, 1.82) is 0 Å². The Balaban J connectivity index is 1.62. The van der Waals surface area contributed by atoms with Gasteiger partial charge < -0.3 is 19.1 Å². The fourth-order valence-electron chi connectivity index (χ4n) is 3.20. The van der Waals surface area contributed by atoms with Gasteiger partial charge in [0.05, 0.1) is 20.8 Å². The fourth-order valence-corrected chi connectivity index (χ4v) is 4.10. The summed E-state index contributed by atoms with van der Waals surface area (Å²) in [6, 6.07) is 5.89. The van der Waals surface area contributed by atoms with E-state index in [2.05, 4.69) is 4.90 Å². The van der Waals surface area contributed by atoms with Crippen molar-refractivity contribution in [2.24, 2.45) is 0 Å². The highest BCUT2D eigenvalue weighted by molar-refractivity contribution is 7.99. The monoisotopic (exact) mass is 366 g/mol. The van der Waals surface area contributed by atoms with Gasteiger partial charge in [-0.25, -0.2) is 0 Å². The van der Waals surface area contributed by atoms with E-state index in [-0.39, 0.29) is 12.0 Å². The lowest BCUT2D eigenvalue weighted by Gasteiger charge is -2.36. The highest BCUT2D eigenvalue weighted by atomic mass is 32.2. The van der Waals surface area contributed by atoms with Gasteiger partial charge >= 0.3 is 0 Å². The molecule has 1 unspecified atom stereocenters. The molecule has 3 rings (SSSR count). The van der Waals surface area contributed by atoms with Gasteiger partial charge in [-0.1, -0.05) is 0 Å². The molecule has 2 fully saturated rings. The molecule has 1 aromatic rings. The summed E-state index contributed by atoms with van der Waals surface area (Å²) >= 11 is 1.90. The molecular formula is C18H26N2O4S. The largest absolute Gasteiger partial charge is 0.497 e. The number of thioether (sulfide) groups is 1. The van der Waals surface area contributed by atoms with Crippen LogP contribution in [0.15, 0.2) is 18.2 Å². The van der Waals surface area contributed by atoms with Gasteiger partial charge in [-0.05, 0) is 17.7 Å². The first-order valence-electron chi connectivity index (χ1n) is 8.62. The van der Waals surface area contributed by atoms with Crippen LogP contribution in [0.25, 0.3) is 0 Å². The molecular weight excluding hydrogens is 340 g/mol. The Hall–Kier alpha value is -1.44. The molecule has 138 valence electrons. The molecule has 1 atom stereocenters. The van der Waals surface area contributed by atoms with Gasteiger partial charge in [0.25, 0.3) is 5.91 Å². The third-order valence-electron chi connectivity index (χ3n) is 4.57. The van der Waals surface area contributed by atoms with Crippen LogP contribution in [-0.4, -0.2) is 80.3 Å². The van der Waals surface area contributed by atoms with Crippen molar-refractivity contribution in [3.8, 4) is 11.5 Å². The van der Waals surface area contributed by atoms with Crippen molar-refractivity contribution < 1.29 is 19.0 Å². The summed E-state index contributed by atoms with van der Waals surface area (Å²) in [5, 5.41) is 0. The molecule has 1 amide bonds. The van der Waals surface area contributed by atoms with E-state index >= 15 is 0 Å². The molecule has 0 aliphatic carbocycles. The third-order valence-corrected chi connectivity index (χ3v) is 5.51. The number of morpholine rings is 1. The Kier molecular flexibility index (Phi) is 6.45. The molecule has 0 saturated carbocycles. The maximum atomic E-state index is 12.7. The SMILES string of the molecule is COc1cc(CN2CCOC(C(=O)N3CCSCC3)C2)cc(OC)c1. The van der Waals surface area contributed by atoms with Crippen LogP contribution in [-0.2, 0) is 16.1 Å². The highest BCUT2D eigenvalue weighted by Crippen LogP contribution is 2.24. The number of hydrogen-bond donors (Lipinski definition) is 0. The number of ether oxygens (including phenoxy) is 3. The van der Waals surface area contributed by atoms with E-state index in [0.717, 1.165) is 54.7 Å². The van der Waals surface area contributed by atoms with Crippen molar-refractivity contribution in [3.63, 3.8) is 0 Å². The molecule has 2 heterocycles. The zero-order valence-electron chi connectivity index (χ0n) is 14.9. The van der Waals surface area contributed by atoms with Crippen molar-refractivity contribution >= 4 is 17.7 Å². The molecule has 0 radical (unpaired) electrons. The third kappa shape index (κ3) is 4.80. The topological polar surface area (TPSA) is 51.2 Å². The van der Waals surface area contributed by atoms with E-state index in [9.17, 15) is 4.79 Å². The number of hydrogen-bond acceptors (Lipinski definition) is 6. The first-order chi connectivity index (χ1) is 12.2. The van der Waals surface area contributed by atoms with Crippen LogP contribution in [0.3, 0.4) is 0 Å². The zero-order chi connectivity index (χ0) is 17.6. The first-order valence-corrected chi connectivity index (χ1v) is 9.77.